The van der Waals surface area contributed by atoms with Crippen LogP contribution in [0.25, 0.3) is 0 Å². The summed E-state index contributed by atoms with van der Waals surface area (Å²) < 4.78 is 5.37. The van der Waals surface area contributed by atoms with Gasteiger partial charge in [0.25, 0.3) is 0 Å². The van der Waals surface area contributed by atoms with Crippen LogP contribution in [-0.2, 0) is 0 Å². The third kappa shape index (κ3) is 5.00. The molecule has 0 aliphatic rings. The maximum Gasteiger partial charge on any atom is 0.176 e. The summed E-state index contributed by atoms with van der Waals surface area (Å²) in [5.74, 6) is 0.829. The zero-order chi connectivity index (χ0) is 12.9. The zero-order valence-corrected chi connectivity index (χ0v) is 11.0. The summed E-state index contributed by atoms with van der Waals surface area (Å²) in [4.78, 5) is 11.9. The number of ether oxygens (including phenoxy) is 1. The summed E-state index contributed by atoms with van der Waals surface area (Å²) >= 11 is 0. The van der Waals surface area contributed by atoms with Crippen LogP contribution < -0.4 is 10.1 Å². The molecule has 0 radical (unpaired) electrons. The summed E-state index contributed by atoms with van der Waals surface area (Å²) in [6, 6.07) is 7.30. The highest BCUT2D eigenvalue weighted by atomic mass is 16.5. The van der Waals surface area contributed by atoms with Crippen molar-refractivity contribution in [3.63, 3.8) is 0 Å². The van der Waals surface area contributed by atoms with Gasteiger partial charge in [0, 0.05) is 11.1 Å². The summed E-state index contributed by atoms with van der Waals surface area (Å²) in [5, 5.41) is 3.18. The number of hydrogen-bond acceptors (Lipinski definition) is 3. The van der Waals surface area contributed by atoms with Gasteiger partial charge in [-0.05, 0) is 39.8 Å². The Morgan fingerprint density at radius 3 is 2.65 bits per heavy atom. The minimum absolute atomic E-state index is 0.0484. The van der Waals surface area contributed by atoms with E-state index in [1.54, 1.807) is 6.07 Å². The van der Waals surface area contributed by atoms with Crippen LogP contribution >= 0.6 is 0 Å². The molecule has 0 amide bonds. The molecule has 0 aliphatic carbocycles. The molecule has 0 aliphatic heterocycles. The van der Waals surface area contributed by atoms with Crippen molar-refractivity contribution in [3.8, 4) is 5.75 Å². The number of carbonyl (C=O) groups excluding carboxylic acids is 1. The average molecular weight is 235 g/mol. The van der Waals surface area contributed by atoms with Gasteiger partial charge >= 0.3 is 0 Å². The second kappa shape index (κ2) is 5.82. The molecule has 17 heavy (non-hydrogen) atoms. The van der Waals surface area contributed by atoms with Crippen LogP contribution in [0.2, 0.25) is 0 Å². The Hall–Kier alpha value is -1.35. The number of ketones is 1. The van der Waals surface area contributed by atoms with Crippen molar-refractivity contribution < 1.29 is 9.53 Å². The summed E-state index contributed by atoms with van der Waals surface area (Å²) in [6.07, 6.45) is 0. The van der Waals surface area contributed by atoms with E-state index >= 15 is 0 Å². The largest absolute Gasteiger partial charge is 0.494 e. The second-order valence-corrected chi connectivity index (χ2v) is 4.99. The smallest absolute Gasteiger partial charge is 0.176 e. The Kier molecular flexibility index (Phi) is 4.70. The molecule has 3 heteroatoms. The molecule has 0 unspecified atom stereocenters. The molecule has 0 spiro atoms. The molecule has 0 fully saturated rings. The standard InChI is InChI=1S/C14H21NO2/c1-5-17-12-8-6-7-11(9-12)13(16)10-15-14(2,3)4/h6-9,15H,5,10H2,1-4H3. The van der Waals surface area contributed by atoms with Gasteiger partial charge in [-0.3, -0.25) is 4.79 Å². The fourth-order valence-electron chi connectivity index (χ4n) is 1.37. The van der Waals surface area contributed by atoms with Gasteiger partial charge in [0.15, 0.2) is 5.78 Å². The molecule has 0 saturated carbocycles. The monoisotopic (exact) mass is 235 g/mol. The number of carbonyl (C=O) groups is 1. The van der Waals surface area contributed by atoms with Gasteiger partial charge in [-0.1, -0.05) is 12.1 Å². The molecule has 0 heterocycles. The first-order chi connectivity index (χ1) is 7.92. The maximum absolute atomic E-state index is 11.9. The Bertz CT molecular complexity index is 380. The van der Waals surface area contributed by atoms with Crippen LogP contribution in [0.15, 0.2) is 24.3 Å². The Labute approximate surface area is 103 Å². The van der Waals surface area contributed by atoms with E-state index < -0.39 is 0 Å². The van der Waals surface area contributed by atoms with Crippen LogP contribution in [0.5, 0.6) is 5.75 Å². The molecule has 1 N–H and O–H groups in total. The predicted octanol–water partition coefficient (Wildman–Crippen LogP) is 2.66. The van der Waals surface area contributed by atoms with Gasteiger partial charge in [0.2, 0.25) is 0 Å². The van der Waals surface area contributed by atoms with Crippen molar-refractivity contribution in [3.05, 3.63) is 29.8 Å². The van der Waals surface area contributed by atoms with E-state index in [1.807, 2.05) is 45.9 Å². The Balaban J connectivity index is 2.65. The summed E-state index contributed by atoms with van der Waals surface area (Å²) in [5.41, 5.74) is 0.639. The molecule has 0 bridgehead atoms. The number of Topliss-reactive ketones (excluding diaryl/α,β-unsaturated/α-hetero) is 1. The highest BCUT2D eigenvalue weighted by Gasteiger charge is 2.12. The van der Waals surface area contributed by atoms with E-state index in [0.29, 0.717) is 18.7 Å². The van der Waals surface area contributed by atoms with Gasteiger partial charge < -0.3 is 10.1 Å². The van der Waals surface area contributed by atoms with E-state index in [0.717, 1.165) is 5.75 Å². The highest BCUT2D eigenvalue weighted by Crippen LogP contribution is 2.13. The molecular weight excluding hydrogens is 214 g/mol. The van der Waals surface area contributed by atoms with E-state index in [-0.39, 0.29) is 11.3 Å². The molecular formula is C14H21NO2. The average Bonchev–Trinajstić information content (AvgIpc) is 2.26. The van der Waals surface area contributed by atoms with Gasteiger partial charge in [-0.2, -0.15) is 0 Å². The summed E-state index contributed by atoms with van der Waals surface area (Å²) in [6.45, 7) is 9.00. The Morgan fingerprint density at radius 1 is 1.35 bits per heavy atom. The van der Waals surface area contributed by atoms with Crippen molar-refractivity contribution in [2.75, 3.05) is 13.2 Å². The Morgan fingerprint density at radius 2 is 2.06 bits per heavy atom. The van der Waals surface area contributed by atoms with E-state index in [9.17, 15) is 4.79 Å². The molecule has 0 aromatic heterocycles. The predicted molar refractivity (Wildman–Crippen MR) is 69.7 cm³/mol. The highest BCUT2D eigenvalue weighted by molar-refractivity contribution is 5.98. The lowest BCUT2D eigenvalue weighted by Gasteiger charge is -2.19. The molecule has 1 aromatic carbocycles. The van der Waals surface area contributed by atoms with Gasteiger partial charge in [-0.15, -0.1) is 0 Å². The molecule has 1 aromatic rings. The topological polar surface area (TPSA) is 38.3 Å². The lowest BCUT2D eigenvalue weighted by atomic mass is 10.1. The lowest BCUT2D eigenvalue weighted by Crippen LogP contribution is -2.39. The zero-order valence-electron chi connectivity index (χ0n) is 11.0. The minimum Gasteiger partial charge on any atom is -0.494 e. The number of hydrogen-bond donors (Lipinski definition) is 1. The van der Waals surface area contributed by atoms with Gasteiger partial charge in [-0.25, -0.2) is 0 Å². The van der Waals surface area contributed by atoms with Crippen LogP contribution in [0.1, 0.15) is 38.1 Å². The third-order valence-corrected chi connectivity index (χ3v) is 2.25. The minimum atomic E-state index is -0.0484. The first-order valence-corrected chi connectivity index (χ1v) is 5.93. The van der Waals surface area contributed by atoms with E-state index in [2.05, 4.69) is 5.32 Å². The van der Waals surface area contributed by atoms with Crippen molar-refractivity contribution in [1.29, 1.82) is 0 Å². The molecule has 1 rings (SSSR count). The fraction of sp³-hybridized carbons (Fsp3) is 0.500. The molecule has 0 saturated heterocycles. The number of rotatable bonds is 5. The van der Waals surface area contributed by atoms with E-state index in [1.165, 1.54) is 0 Å². The first kappa shape index (κ1) is 13.7. The second-order valence-electron chi connectivity index (χ2n) is 4.99. The first-order valence-electron chi connectivity index (χ1n) is 5.93. The van der Waals surface area contributed by atoms with Crippen LogP contribution in [-0.4, -0.2) is 24.5 Å². The van der Waals surface area contributed by atoms with Crippen molar-refractivity contribution in [2.45, 2.75) is 33.2 Å². The number of nitrogens with one attached hydrogen (secondary N) is 1. The quantitative estimate of drug-likeness (QED) is 0.797. The lowest BCUT2D eigenvalue weighted by molar-refractivity contribution is 0.0981. The van der Waals surface area contributed by atoms with Crippen LogP contribution in [0, 0.1) is 0 Å². The van der Waals surface area contributed by atoms with Crippen molar-refractivity contribution in [1.82, 2.24) is 5.32 Å². The molecule has 94 valence electrons. The molecule has 0 atom stereocenters. The SMILES string of the molecule is CCOc1cccc(C(=O)CNC(C)(C)C)c1. The molecule has 3 nitrogen and oxygen atoms in total. The maximum atomic E-state index is 11.9. The summed E-state index contributed by atoms with van der Waals surface area (Å²) in [7, 11) is 0. The van der Waals surface area contributed by atoms with Crippen molar-refractivity contribution in [2.24, 2.45) is 0 Å². The van der Waals surface area contributed by atoms with E-state index in [4.69, 9.17) is 4.74 Å². The van der Waals surface area contributed by atoms with Gasteiger partial charge in [0.05, 0.1) is 13.2 Å². The fourth-order valence-corrected chi connectivity index (χ4v) is 1.37. The number of benzene rings is 1. The third-order valence-electron chi connectivity index (χ3n) is 2.25. The normalized spacial score (nSPS) is 11.3. The van der Waals surface area contributed by atoms with Crippen LogP contribution in [0.4, 0.5) is 0 Å². The van der Waals surface area contributed by atoms with Crippen molar-refractivity contribution >= 4 is 5.78 Å². The van der Waals surface area contributed by atoms with Gasteiger partial charge in [0.1, 0.15) is 5.75 Å². The van der Waals surface area contributed by atoms with Crippen LogP contribution in [0.3, 0.4) is 0 Å².